The second kappa shape index (κ2) is 11.2. The molecule has 1 heterocycles. The van der Waals surface area contributed by atoms with Crippen molar-refractivity contribution in [1.29, 1.82) is 0 Å². The first kappa shape index (κ1) is 25.8. The van der Waals surface area contributed by atoms with E-state index in [1.807, 2.05) is 32.0 Å². The van der Waals surface area contributed by atoms with Crippen LogP contribution in [0.4, 0.5) is 15.8 Å². The average molecular weight is 507 g/mol. The van der Waals surface area contributed by atoms with Gasteiger partial charge in [0.2, 0.25) is 5.91 Å². The molecule has 0 radical (unpaired) electrons. The van der Waals surface area contributed by atoms with Gasteiger partial charge >= 0.3 is 0 Å². The van der Waals surface area contributed by atoms with Crippen LogP contribution in [0.25, 0.3) is 10.4 Å². The largest absolute Gasteiger partial charge is 0.322 e. The quantitative estimate of drug-likeness (QED) is 0.345. The van der Waals surface area contributed by atoms with E-state index in [-0.39, 0.29) is 23.8 Å². The van der Waals surface area contributed by atoms with Crippen molar-refractivity contribution >= 4 is 40.8 Å². The summed E-state index contributed by atoms with van der Waals surface area (Å²) in [6.07, 6.45) is 4.72. The molecule has 0 aliphatic heterocycles. The monoisotopic (exact) mass is 506 g/mol. The fraction of sp³-hybridized carbons (Fsp3) is 0.345. The first-order valence-corrected chi connectivity index (χ1v) is 13.2. The fourth-order valence-electron chi connectivity index (χ4n) is 4.69. The molecule has 1 fully saturated rings. The molecular formula is C29H31FN2O3S. The summed E-state index contributed by atoms with van der Waals surface area (Å²) >= 11 is 1.36. The number of amides is 2. The zero-order chi connectivity index (χ0) is 25.8. The molecule has 0 saturated heterocycles. The van der Waals surface area contributed by atoms with Crippen molar-refractivity contribution in [2.45, 2.75) is 52.5 Å². The molecule has 1 aliphatic rings. The Morgan fingerprint density at radius 3 is 2.25 bits per heavy atom. The van der Waals surface area contributed by atoms with Crippen molar-refractivity contribution in [1.82, 2.24) is 0 Å². The number of thiophene rings is 1. The lowest BCUT2D eigenvalue weighted by atomic mass is 9.82. The number of halogens is 1. The highest BCUT2D eigenvalue weighted by atomic mass is 32.1. The summed E-state index contributed by atoms with van der Waals surface area (Å²) in [7, 11) is 0. The SMILES string of the molecule is CC1CCC(C(=O)N(c2cc(-c3ccc(NC(=O)c4ccc(F)cc4)cc3)sc2C=O)C(C)C)CC1. The van der Waals surface area contributed by atoms with Crippen molar-refractivity contribution in [2.75, 3.05) is 10.2 Å². The topological polar surface area (TPSA) is 66.5 Å². The second-order valence-electron chi connectivity index (χ2n) is 9.78. The molecule has 1 aromatic heterocycles. The summed E-state index contributed by atoms with van der Waals surface area (Å²) in [6.45, 7) is 6.19. The summed E-state index contributed by atoms with van der Waals surface area (Å²) in [6, 6.07) is 14.5. The van der Waals surface area contributed by atoms with Gasteiger partial charge in [0, 0.05) is 28.1 Å². The molecule has 3 aromatic rings. The molecule has 4 rings (SSSR count). The highest BCUT2D eigenvalue weighted by Gasteiger charge is 2.32. The molecule has 0 atom stereocenters. The molecular weight excluding hydrogens is 475 g/mol. The Balaban J connectivity index is 1.54. The Kier molecular flexibility index (Phi) is 7.99. The third-order valence-electron chi connectivity index (χ3n) is 6.76. The molecule has 5 nitrogen and oxygen atoms in total. The van der Waals surface area contributed by atoms with Crippen molar-refractivity contribution in [3.8, 4) is 10.4 Å². The van der Waals surface area contributed by atoms with Gasteiger partial charge in [-0.2, -0.15) is 0 Å². The fourth-order valence-corrected chi connectivity index (χ4v) is 5.66. The van der Waals surface area contributed by atoms with Gasteiger partial charge in [-0.05, 0) is 93.5 Å². The van der Waals surface area contributed by atoms with Gasteiger partial charge in [-0.25, -0.2) is 4.39 Å². The normalized spacial score (nSPS) is 17.6. The van der Waals surface area contributed by atoms with Crippen LogP contribution in [0.1, 0.15) is 66.5 Å². The Morgan fingerprint density at radius 2 is 1.67 bits per heavy atom. The molecule has 0 bridgehead atoms. The first-order chi connectivity index (χ1) is 17.3. The number of benzene rings is 2. The van der Waals surface area contributed by atoms with E-state index in [0.29, 0.717) is 27.7 Å². The predicted molar refractivity (Wildman–Crippen MR) is 143 cm³/mol. The first-order valence-electron chi connectivity index (χ1n) is 12.4. The Hall–Kier alpha value is -3.32. The molecule has 0 unspecified atom stereocenters. The summed E-state index contributed by atoms with van der Waals surface area (Å²) in [5.41, 5.74) is 2.52. The van der Waals surface area contributed by atoms with Crippen LogP contribution in [0.5, 0.6) is 0 Å². The highest BCUT2D eigenvalue weighted by Crippen LogP contribution is 2.39. The summed E-state index contributed by atoms with van der Waals surface area (Å²) in [4.78, 5) is 41.1. The van der Waals surface area contributed by atoms with E-state index in [1.54, 1.807) is 17.0 Å². The minimum atomic E-state index is -0.396. The maximum atomic E-state index is 13.5. The van der Waals surface area contributed by atoms with Crippen LogP contribution in [0.15, 0.2) is 54.6 Å². The molecule has 1 saturated carbocycles. The van der Waals surface area contributed by atoms with E-state index in [9.17, 15) is 18.8 Å². The van der Waals surface area contributed by atoms with E-state index in [1.165, 1.54) is 35.6 Å². The van der Waals surface area contributed by atoms with Crippen LogP contribution >= 0.6 is 11.3 Å². The second-order valence-corrected chi connectivity index (χ2v) is 10.9. The lowest BCUT2D eigenvalue weighted by Gasteiger charge is -2.33. The van der Waals surface area contributed by atoms with Crippen LogP contribution in [0, 0.1) is 17.7 Å². The zero-order valence-electron chi connectivity index (χ0n) is 20.8. The van der Waals surface area contributed by atoms with Gasteiger partial charge in [0.05, 0.1) is 10.6 Å². The van der Waals surface area contributed by atoms with Crippen LogP contribution < -0.4 is 10.2 Å². The van der Waals surface area contributed by atoms with Gasteiger partial charge in [-0.1, -0.05) is 19.1 Å². The summed E-state index contributed by atoms with van der Waals surface area (Å²) in [5, 5.41) is 2.80. The maximum Gasteiger partial charge on any atom is 0.255 e. The van der Waals surface area contributed by atoms with Crippen LogP contribution in [-0.4, -0.2) is 24.1 Å². The van der Waals surface area contributed by atoms with E-state index in [2.05, 4.69) is 12.2 Å². The number of hydrogen-bond acceptors (Lipinski definition) is 4. The lowest BCUT2D eigenvalue weighted by Crippen LogP contribution is -2.42. The third-order valence-corrected chi connectivity index (χ3v) is 7.86. The average Bonchev–Trinajstić information content (AvgIpc) is 3.29. The summed E-state index contributed by atoms with van der Waals surface area (Å²) in [5.74, 6) is 0.0292. The summed E-state index contributed by atoms with van der Waals surface area (Å²) < 4.78 is 13.1. The number of nitrogens with zero attached hydrogens (tertiary/aromatic N) is 1. The molecule has 188 valence electrons. The number of carbonyl (C=O) groups is 3. The molecule has 1 aliphatic carbocycles. The van der Waals surface area contributed by atoms with Crippen molar-refractivity contribution < 1.29 is 18.8 Å². The zero-order valence-corrected chi connectivity index (χ0v) is 21.6. The van der Waals surface area contributed by atoms with E-state index in [4.69, 9.17) is 0 Å². The molecule has 0 spiro atoms. The number of aldehydes is 1. The number of carbonyl (C=O) groups excluding carboxylic acids is 3. The van der Waals surface area contributed by atoms with Gasteiger partial charge in [0.15, 0.2) is 6.29 Å². The smallest absolute Gasteiger partial charge is 0.255 e. The van der Waals surface area contributed by atoms with Crippen LogP contribution in [0.3, 0.4) is 0 Å². The molecule has 36 heavy (non-hydrogen) atoms. The van der Waals surface area contributed by atoms with Crippen molar-refractivity contribution in [2.24, 2.45) is 11.8 Å². The van der Waals surface area contributed by atoms with E-state index >= 15 is 0 Å². The van der Waals surface area contributed by atoms with Crippen LogP contribution in [0.2, 0.25) is 0 Å². The minimum Gasteiger partial charge on any atom is -0.322 e. The standard InChI is InChI=1S/C29H31FN2O3S/c1-18(2)32(29(35)22-6-4-19(3)5-7-22)25-16-26(36-27(25)17-33)20-10-14-24(15-11-20)31-28(34)21-8-12-23(30)13-9-21/h8-19,22H,4-7H2,1-3H3,(H,31,34). The third kappa shape index (κ3) is 5.73. The number of hydrogen-bond donors (Lipinski definition) is 1. The number of anilines is 2. The molecule has 7 heteroatoms. The van der Waals surface area contributed by atoms with Crippen molar-refractivity contribution in [3.05, 3.63) is 70.9 Å². The van der Waals surface area contributed by atoms with Gasteiger partial charge in [-0.15, -0.1) is 11.3 Å². The number of nitrogens with one attached hydrogen (secondary N) is 1. The van der Waals surface area contributed by atoms with Gasteiger partial charge in [0.25, 0.3) is 5.91 Å². The Morgan fingerprint density at radius 1 is 1.03 bits per heavy atom. The predicted octanol–water partition coefficient (Wildman–Crippen LogP) is 7.19. The molecule has 1 N–H and O–H groups in total. The van der Waals surface area contributed by atoms with Gasteiger partial charge < -0.3 is 10.2 Å². The van der Waals surface area contributed by atoms with E-state index < -0.39 is 5.82 Å². The molecule has 2 amide bonds. The Bertz CT molecular complexity index is 1230. The Labute approximate surface area is 215 Å². The number of rotatable bonds is 7. The van der Waals surface area contributed by atoms with Crippen molar-refractivity contribution in [3.63, 3.8) is 0 Å². The highest BCUT2D eigenvalue weighted by molar-refractivity contribution is 7.17. The lowest BCUT2D eigenvalue weighted by molar-refractivity contribution is -0.123. The minimum absolute atomic E-state index is 0.00421. The molecule has 2 aromatic carbocycles. The van der Waals surface area contributed by atoms with Gasteiger partial charge in [0.1, 0.15) is 5.82 Å². The van der Waals surface area contributed by atoms with Gasteiger partial charge in [-0.3, -0.25) is 14.4 Å². The van der Waals surface area contributed by atoms with Crippen LogP contribution in [-0.2, 0) is 4.79 Å². The van der Waals surface area contributed by atoms with E-state index in [0.717, 1.165) is 42.4 Å². The maximum absolute atomic E-state index is 13.5.